The van der Waals surface area contributed by atoms with Gasteiger partial charge in [0.1, 0.15) is 23.0 Å². The Balaban J connectivity index is 1.54. The molecule has 0 aromatic heterocycles. The summed E-state index contributed by atoms with van der Waals surface area (Å²) in [4.78, 5) is 0. The predicted molar refractivity (Wildman–Crippen MR) is 185 cm³/mol. The molecule has 4 N–H and O–H groups in total. The molecule has 7 rings (SSSR count). The molecular weight excluding hydrogens is 666 g/mol. The van der Waals surface area contributed by atoms with Crippen molar-refractivity contribution >= 4 is 11.4 Å². The molecule has 0 saturated heterocycles. The van der Waals surface area contributed by atoms with E-state index in [2.05, 4.69) is 0 Å². The van der Waals surface area contributed by atoms with Crippen molar-refractivity contribution < 1.29 is 35.8 Å². The van der Waals surface area contributed by atoms with Crippen LogP contribution in [0.5, 0.6) is 23.0 Å². The van der Waals surface area contributed by atoms with E-state index >= 15 is 0 Å². The number of alkyl halides is 6. The van der Waals surface area contributed by atoms with Crippen LogP contribution >= 0.6 is 0 Å². The first kappa shape index (κ1) is 33.6. The van der Waals surface area contributed by atoms with E-state index in [0.717, 1.165) is 46.5 Å². The van der Waals surface area contributed by atoms with Crippen LogP contribution in [0, 0.1) is 13.8 Å². The lowest BCUT2D eigenvalue weighted by Gasteiger charge is -2.37. The molecule has 10 heteroatoms. The second-order valence-electron chi connectivity index (χ2n) is 12.5. The molecular formula is C41H30F6N2O2. The Bertz CT molecular complexity index is 2150. The van der Waals surface area contributed by atoms with Gasteiger partial charge in [0.15, 0.2) is 0 Å². The summed E-state index contributed by atoms with van der Waals surface area (Å²) in [6.07, 6.45) is -9.35. The number of hydrogen-bond donors (Lipinski definition) is 2. The number of rotatable bonds is 6. The summed E-state index contributed by atoms with van der Waals surface area (Å²) in [5, 5.41) is 0. The highest BCUT2D eigenvalue weighted by Crippen LogP contribution is 2.60. The molecule has 6 aromatic carbocycles. The summed E-state index contributed by atoms with van der Waals surface area (Å²) in [5.74, 6) is 0.317. The number of halogens is 6. The van der Waals surface area contributed by atoms with E-state index in [9.17, 15) is 26.3 Å². The van der Waals surface area contributed by atoms with Crippen molar-refractivity contribution in [3.05, 3.63) is 166 Å². The van der Waals surface area contributed by atoms with Crippen molar-refractivity contribution in [3.8, 4) is 34.1 Å². The fourth-order valence-electron chi connectivity index (χ4n) is 7.05. The molecule has 258 valence electrons. The Hall–Kier alpha value is -5.90. The number of nitrogen functional groups attached to an aromatic ring is 2. The quantitative estimate of drug-likeness (QED) is 0.134. The minimum atomic E-state index is -4.67. The van der Waals surface area contributed by atoms with Crippen LogP contribution in [0.25, 0.3) is 11.1 Å². The highest BCUT2D eigenvalue weighted by Gasteiger charge is 2.49. The fourth-order valence-corrected chi connectivity index (χ4v) is 7.05. The van der Waals surface area contributed by atoms with E-state index in [1.165, 1.54) is 12.1 Å². The second-order valence-corrected chi connectivity index (χ2v) is 12.5. The van der Waals surface area contributed by atoms with Crippen molar-refractivity contribution in [2.45, 2.75) is 31.6 Å². The Morgan fingerprint density at radius 2 is 0.843 bits per heavy atom. The van der Waals surface area contributed by atoms with Crippen molar-refractivity contribution in [1.82, 2.24) is 0 Å². The SMILES string of the molecule is Cc1cccc(C2(c3cccc(C)c3Oc3cc(N)cc(C(F)(F)F)c3)c3ccccc3-c3ccccc32)c1Oc1cc(N)cc(C(F)(F)F)c1. The summed E-state index contributed by atoms with van der Waals surface area (Å²) in [7, 11) is 0. The zero-order valence-electron chi connectivity index (χ0n) is 27.3. The zero-order valence-corrected chi connectivity index (χ0v) is 27.3. The average Bonchev–Trinajstić information content (AvgIpc) is 3.36. The molecule has 0 bridgehead atoms. The van der Waals surface area contributed by atoms with Gasteiger partial charge >= 0.3 is 12.4 Å². The van der Waals surface area contributed by atoms with E-state index in [4.69, 9.17) is 20.9 Å². The van der Waals surface area contributed by atoms with Crippen LogP contribution in [0.2, 0.25) is 0 Å². The smallest absolute Gasteiger partial charge is 0.416 e. The van der Waals surface area contributed by atoms with Crippen LogP contribution in [0.4, 0.5) is 37.7 Å². The van der Waals surface area contributed by atoms with E-state index in [1.807, 2.05) is 72.8 Å². The molecule has 0 heterocycles. The van der Waals surface area contributed by atoms with Gasteiger partial charge in [-0.25, -0.2) is 0 Å². The summed E-state index contributed by atoms with van der Waals surface area (Å²) < 4.78 is 96.2. The monoisotopic (exact) mass is 696 g/mol. The van der Waals surface area contributed by atoms with Crippen LogP contribution < -0.4 is 20.9 Å². The van der Waals surface area contributed by atoms with Crippen molar-refractivity contribution in [2.75, 3.05) is 11.5 Å². The molecule has 0 radical (unpaired) electrons. The number of anilines is 2. The standard InChI is InChI=1S/C41H30F6N2O2/c1-23-9-7-15-35(37(23)50-29-19-25(40(42,43)44)17-27(48)21-29)39(33-13-5-3-11-31(33)32-12-4-6-14-34(32)39)36-16-8-10-24(2)38(36)51-30-20-26(41(45,46)47)18-28(49)22-30/h3-22H,48-49H2,1-2H3. The number of benzene rings is 6. The van der Waals surface area contributed by atoms with Gasteiger partial charge in [0.05, 0.1) is 16.5 Å². The van der Waals surface area contributed by atoms with Crippen molar-refractivity contribution in [2.24, 2.45) is 0 Å². The molecule has 0 fully saturated rings. The molecule has 0 spiro atoms. The molecule has 0 amide bonds. The topological polar surface area (TPSA) is 70.5 Å². The molecule has 51 heavy (non-hydrogen) atoms. The maximum Gasteiger partial charge on any atom is 0.416 e. The van der Waals surface area contributed by atoms with E-state index in [0.29, 0.717) is 22.3 Å². The molecule has 6 aromatic rings. The summed E-state index contributed by atoms with van der Waals surface area (Å²) in [6, 6.07) is 32.5. The molecule has 0 atom stereocenters. The maximum absolute atomic E-state index is 13.9. The van der Waals surface area contributed by atoms with Gasteiger partial charge in [-0.2, -0.15) is 26.3 Å². The number of para-hydroxylation sites is 2. The lowest BCUT2D eigenvalue weighted by molar-refractivity contribution is -0.138. The minimum absolute atomic E-state index is 0.118. The predicted octanol–water partition coefficient (Wildman–Crippen LogP) is 11.5. The molecule has 4 nitrogen and oxygen atoms in total. The van der Waals surface area contributed by atoms with Crippen LogP contribution in [-0.2, 0) is 17.8 Å². The minimum Gasteiger partial charge on any atom is -0.457 e. The largest absolute Gasteiger partial charge is 0.457 e. The highest BCUT2D eigenvalue weighted by atomic mass is 19.4. The van der Waals surface area contributed by atoms with Crippen molar-refractivity contribution in [1.29, 1.82) is 0 Å². The van der Waals surface area contributed by atoms with E-state index < -0.39 is 28.9 Å². The zero-order chi connectivity index (χ0) is 36.3. The second kappa shape index (κ2) is 12.2. The third kappa shape index (κ3) is 5.80. The third-order valence-corrected chi connectivity index (χ3v) is 9.14. The number of aryl methyl sites for hydroxylation is 2. The average molecular weight is 697 g/mol. The van der Waals surface area contributed by atoms with Gasteiger partial charge in [-0.3, -0.25) is 0 Å². The van der Waals surface area contributed by atoms with Crippen LogP contribution in [0.3, 0.4) is 0 Å². The van der Waals surface area contributed by atoms with Gasteiger partial charge in [-0.15, -0.1) is 0 Å². The number of nitrogens with two attached hydrogens (primary N) is 2. The van der Waals surface area contributed by atoms with E-state index in [1.54, 1.807) is 26.0 Å². The third-order valence-electron chi connectivity index (χ3n) is 9.14. The van der Waals surface area contributed by atoms with Gasteiger partial charge in [-0.05, 0) is 71.5 Å². The van der Waals surface area contributed by atoms with Gasteiger partial charge < -0.3 is 20.9 Å². The number of hydrogen-bond acceptors (Lipinski definition) is 4. The van der Waals surface area contributed by atoms with Crippen molar-refractivity contribution in [3.63, 3.8) is 0 Å². The molecule has 0 unspecified atom stereocenters. The molecule has 1 aliphatic rings. The Morgan fingerprint density at radius 3 is 1.24 bits per heavy atom. The van der Waals surface area contributed by atoms with Crippen LogP contribution in [0.1, 0.15) is 44.5 Å². The highest BCUT2D eigenvalue weighted by molar-refractivity contribution is 5.88. The summed E-state index contributed by atoms with van der Waals surface area (Å²) >= 11 is 0. The first-order chi connectivity index (χ1) is 24.2. The molecule has 0 saturated carbocycles. The molecule has 0 aliphatic heterocycles. The summed E-state index contributed by atoms with van der Waals surface area (Å²) in [6.45, 7) is 3.57. The Morgan fingerprint density at radius 1 is 0.471 bits per heavy atom. The van der Waals surface area contributed by atoms with Gasteiger partial charge in [-0.1, -0.05) is 84.9 Å². The Kier molecular flexibility index (Phi) is 8.00. The van der Waals surface area contributed by atoms with E-state index in [-0.39, 0.29) is 34.4 Å². The normalized spacial score (nSPS) is 13.4. The molecule has 1 aliphatic carbocycles. The summed E-state index contributed by atoms with van der Waals surface area (Å²) in [5.41, 5.74) is 14.2. The van der Waals surface area contributed by atoms with Crippen LogP contribution in [0.15, 0.2) is 121 Å². The van der Waals surface area contributed by atoms with Gasteiger partial charge in [0, 0.05) is 34.6 Å². The lowest BCUT2D eigenvalue weighted by Crippen LogP contribution is -2.30. The van der Waals surface area contributed by atoms with Gasteiger partial charge in [0.25, 0.3) is 0 Å². The first-order valence-corrected chi connectivity index (χ1v) is 15.9. The number of fused-ring (bicyclic) bond motifs is 3. The Labute approximate surface area is 289 Å². The lowest BCUT2D eigenvalue weighted by atomic mass is 9.66. The van der Waals surface area contributed by atoms with Gasteiger partial charge in [0.2, 0.25) is 0 Å². The van der Waals surface area contributed by atoms with Crippen LogP contribution in [-0.4, -0.2) is 0 Å². The number of ether oxygens (including phenoxy) is 2. The first-order valence-electron chi connectivity index (χ1n) is 15.9. The maximum atomic E-state index is 13.9. The fraction of sp³-hybridized carbons (Fsp3) is 0.122.